The molecule has 2 aromatic rings. The first-order valence-electron chi connectivity index (χ1n) is 5.88. The van der Waals surface area contributed by atoms with Crippen molar-refractivity contribution in [1.82, 2.24) is 4.98 Å². The highest BCUT2D eigenvalue weighted by atomic mass is 16.5. The van der Waals surface area contributed by atoms with Crippen molar-refractivity contribution in [3.8, 4) is 17.4 Å². The summed E-state index contributed by atoms with van der Waals surface area (Å²) >= 11 is 0. The van der Waals surface area contributed by atoms with Crippen LogP contribution in [0, 0.1) is 0 Å². The minimum Gasteiger partial charge on any atom is -0.490 e. The lowest BCUT2D eigenvalue weighted by Crippen LogP contribution is -1.98. The summed E-state index contributed by atoms with van der Waals surface area (Å²) in [5.41, 5.74) is 6.49. The van der Waals surface area contributed by atoms with Gasteiger partial charge in [-0.15, -0.1) is 0 Å². The van der Waals surface area contributed by atoms with E-state index in [1.165, 1.54) is 0 Å². The molecule has 0 saturated heterocycles. The lowest BCUT2D eigenvalue weighted by atomic mass is 10.3. The molecule has 4 heteroatoms. The molecule has 1 aromatic heterocycles. The molecule has 0 spiro atoms. The van der Waals surface area contributed by atoms with Gasteiger partial charge in [-0.05, 0) is 24.6 Å². The summed E-state index contributed by atoms with van der Waals surface area (Å²) in [7, 11) is 0. The lowest BCUT2D eigenvalue weighted by molar-refractivity contribution is 0.319. The van der Waals surface area contributed by atoms with Crippen LogP contribution in [0.3, 0.4) is 0 Å². The fourth-order valence-corrected chi connectivity index (χ4v) is 1.51. The van der Waals surface area contributed by atoms with Crippen molar-refractivity contribution < 1.29 is 9.47 Å². The molecule has 0 unspecified atom stereocenters. The lowest BCUT2D eigenvalue weighted by Gasteiger charge is -2.10. The Morgan fingerprint density at radius 1 is 1.11 bits per heavy atom. The molecule has 0 aliphatic heterocycles. The molecule has 0 amide bonds. The van der Waals surface area contributed by atoms with Gasteiger partial charge < -0.3 is 15.2 Å². The Hall–Kier alpha value is -2.07. The number of benzene rings is 1. The predicted molar refractivity (Wildman–Crippen MR) is 69.8 cm³/mol. The van der Waals surface area contributed by atoms with Crippen LogP contribution in [0.2, 0.25) is 0 Å². The Balaban J connectivity index is 2.17. The van der Waals surface area contributed by atoms with E-state index < -0.39 is 0 Å². The van der Waals surface area contributed by atoms with Crippen molar-refractivity contribution in [2.75, 3.05) is 6.61 Å². The fourth-order valence-electron chi connectivity index (χ4n) is 1.51. The molecular weight excluding hydrogens is 228 g/mol. The van der Waals surface area contributed by atoms with Crippen LogP contribution in [0.5, 0.6) is 17.4 Å². The van der Waals surface area contributed by atoms with Crippen molar-refractivity contribution in [3.05, 3.63) is 48.2 Å². The van der Waals surface area contributed by atoms with E-state index in [0.717, 1.165) is 5.56 Å². The van der Waals surface area contributed by atoms with E-state index in [1.54, 1.807) is 12.3 Å². The van der Waals surface area contributed by atoms with E-state index in [9.17, 15) is 0 Å². The number of hydrogen-bond donors (Lipinski definition) is 1. The SMILES string of the molecule is CCOc1ccccc1Oc1ccc(CN)cn1. The van der Waals surface area contributed by atoms with Gasteiger partial charge in [0, 0.05) is 18.8 Å². The zero-order chi connectivity index (χ0) is 12.8. The molecule has 1 aromatic carbocycles. The van der Waals surface area contributed by atoms with Crippen molar-refractivity contribution >= 4 is 0 Å². The smallest absolute Gasteiger partial charge is 0.219 e. The summed E-state index contributed by atoms with van der Waals surface area (Å²) in [6, 6.07) is 11.2. The minimum atomic E-state index is 0.475. The van der Waals surface area contributed by atoms with Crippen LogP contribution in [0.4, 0.5) is 0 Å². The number of hydrogen-bond acceptors (Lipinski definition) is 4. The van der Waals surface area contributed by atoms with Gasteiger partial charge in [0.1, 0.15) is 0 Å². The molecule has 2 rings (SSSR count). The highest BCUT2D eigenvalue weighted by Gasteiger charge is 2.05. The molecule has 18 heavy (non-hydrogen) atoms. The van der Waals surface area contributed by atoms with Crippen LogP contribution in [-0.4, -0.2) is 11.6 Å². The Bertz CT molecular complexity index is 497. The summed E-state index contributed by atoms with van der Waals surface area (Å²) in [5.74, 6) is 1.90. The van der Waals surface area contributed by atoms with Gasteiger partial charge in [-0.1, -0.05) is 18.2 Å². The first-order chi connectivity index (χ1) is 8.83. The minimum absolute atomic E-state index is 0.475. The Morgan fingerprint density at radius 2 is 1.89 bits per heavy atom. The average molecular weight is 244 g/mol. The largest absolute Gasteiger partial charge is 0.490 e. The standard InChI is InChI=1S/C14H16N2O2/c1-2-17-12-5-3-4-6-13(12)18-14-8-7-11(9-15)10-16-14/h3-8,10H,2,9,15H2,1H3. The average Bonchev–Trinajstić information content (AvgIpc) is 2.42. The molecule has 0 saturated carbocycles. The van der Waals surface area contributed by atoms with Gasteiger partial charge in [0.05, 0.1) is 6.61 Å². The first kappa shape index (κ1) is 12.4. The third-order valence-electron chi connectivity index (χ3n) is 2.40. The number of nitrogens with two attached hydrogens (primary N) is 1. The molecule has 0 bridgehead atoms. The van der Waals surface area contributed by atoms with E-state index in [1.807, 2.05) is 37.3 Å². The summed E-state index contributed by atoms with van der Waals surface area (Å²) in [6.07, 6.45) is 1.71. The van der Waals surface area contributed by atoms with Gasteiger partial charge in [0.25, 0.3) is 0 Å². The quantitative estimate of drug-likeness (QED) is 0.878. The van der Waals surface area contributed by atoms with E-state index in [0.29, 0.717) is 30.5 Å². The molecular formula is C14H16N2O2. The van der Waals surface area contributed by atoms with Crippen molar-refractivity contribution in [2.24, 2.45) is 5.73 Å². The van der Waals surface area contributed by atoms with Gasteiger partial charge in [0.2, 0.25) is 5.88 Å². The molecule has 0 aliphatic rings. The summed E-state index contributed by atoms with van der Waals surface area (Å²) < 4.78 is 11.2. The van der Waals surface area contributed by atoms with Crippen LogP contribution in [0.15, 0.2) is 42.6 Å². The van der Waals surface area contributed by atoms with E-state index in [4.69, 9.17) is 15.2 Å². The molecule has 0 aliphatic carbocycles. The molecule has 0 radical (unpaired) electrons. The monoisotopic (exact) mass is 244 g/mol. The predicted octanol–water partition coefficient (Wildman–Crippen LogP) is 2.73. The third-order valence-corrected chi connectivity index (χ3v) is 2.40. The molecule has 1 heterocycles. The number of pyridine rings is 1. The Labute approximate surface area is 106 Å². The highest BCUT2D eigenvalue weighted by Crippen LogP contribution is 2.30. The van der Waals surface area contributed by atoms with Gasteiger partial charge in [0.15, 0.2) is 11.5 Å². The normalized spacial score (nSPS) is 10.1. The zero-order valence-electron chi connectivity index (χ0n) is 10.3. The number of nitrogens with zero attached hydrogens (tertiary/aromatic N) is 1. The first-order valence-corrected chi connectivity index (χ1v) is 5.88. The molecule has 0 fully saturated rings. The summed E-state index contributed by atoms with van der Waals surface area (Å²) in [6.45, 7) is 3.01. The number of rotatable bonds is 5. The van der Waals surface area contributed by atoms with Crippen LogP contribution in [0.25, 0.3) is 0 Å². The maximum atomic E-state index is 5.68. The maximum Gasteiger partial charge on any atom is 0.219 e. The van der Waals surface area contributed by atoms with E-state index in [-0.39, 0.29) is 0 Å². The Kier molecular flexibility index (Phi) is 4.15. The zero-order valence-corrected chi connectivity index (χ0v) is 10.3. The third kappa shape index (κ3) is 2.99. The second-order valence-electron chi connectivity index (χ2n) is 3.69. The highest BCUT2D eigenvalue weighted by molar-refractivity contribution is 5.41. The van der Waals surface area contributed by atoms with Crippen LogP contribution < -0.4 is 15.2 Å². The van der Waals surface area contributed by atoms with Crippen LogP contribution >= 0.6 is 0 Å². The summed E-state index contributed by atoms with van der Waals surface area (Å²) in [4.78, 5) is 4.19. The number of ether oxygens (including phenoxy) is 2. The van der Waals surface area contributed by atoms with Crippen molar-refractivity contribution in [3.63, 3.8) is 0 Å². The van der Waals surface area contributed by atoms with Crippen LogP contribution in [0.1, 0.15) is 12.5 Å². The van der Waals surface area contributed by atoms with Gasteiger partial charge in [-0.25, -0.2) is 4.98 Å². The second kappa shape index (κ2) is 6.02. The summed E-state index contributed by atoms with van der Waals surface area (Å²) in [5, 5.41) is 0. The number of para-hydroxylation sites is 2. The van der Waals surface area contributed by atoms with Gasteiger partial charge in [-0.3, -0.25) is 0 Å². The topological polar surface area (TPSA) is 57.4 Å². The Morgan fingerprint density at radius 3 is 2.50 bits per heavy atom. The van der Waals surface area contributed by atoms with E-state index >= 15 is 0 Å². The van der Waals surface area contributed by atoms with Gasteiger partial charge in [-0.2, -0.15) is 0 Å². The second-order valence-corrected chi connectivity index (χ2v) is 3.69. The molecule has 2 N–H and O–H groups in total. The van der Waals surface area contributed by atoms with E-state index in [2.05, 4.69) is 4.98 Å². The molecule has 94 valence electrons. The molecule has 0 atom stereocenters. The van der Waals surface area contributed by atoms with Gasteiger partial charge >= 0.3 is 0 Å². The number of aromatic nitrogens is 1. The van der Waals surface area contributed by atoms with Crippen LogP contribution in [-0.2, 0) is 6.54 Å². The van der Waals surface area contributed by atoms with Crippen molar-refractivity contribution in [2.45, 2.75) is 13.5 Å². The fraction of sp³-hybridized carbons (Fsp3) is 0.214. The molecule has 4 nitrogen and oxygen atoms in total. The maximum absolute atomic E-state index is 5.68. The van der Waals surface area contributed by atoms with Crippen molar-refractivity contribution in [1.29, 1.82) is 0 Å².